The molecule has 7 aliphatic carbocycles. The maximum atomic E-state index is 2.59. The summed E-state index contributed by atoms with van der Waals surface area (Å²) in [5.41, 5.74) is 15.4. The second kappa shape index (κ2) is 11.9. The third-order valence-corrected chi connectivity index (χ3v) is 16.1. The number of fused-ring (bicyclic) bond motifs is 6. The van der Waals surface area contributed by atoms with Crippen molar-refractivity contribution in [2.24, 2.45) is 29.6 Å². The highest BCUT2D eigenvalue weighted by Crippen LogP contribution is 2.61. The van der Waals surface area contributed by atoms with Gasteiger partial charge in [0.2, 0.25) is 0 Å². The van der Waals surface area contributed by atoms with E-state index < -0.39 is 0 Å². The highest BCUT2D eigenvalue weighted by atomic mass is 15.1. The Morgan fingerprint density at radius 3 is 1.87 bits per heavy atom. The van der Waals surface area contributed by atoms with Gasteiger partial charge in [-0.1, -0.05) is 111 Å². The molecule has 0 aromatic heterocycles. The zero-order chi connectivity index (χ0) is 36.5. The molecule has 6 fully saturated rings. The van der Waals surface area contributed by atoms with E-state index in [0.29, 0.717) is 5.41 Å². The van der Waals surface area contributed by atoms with Crippen LogP contribution < -0.4 is 4.90 Å². The first kappa shape index (κ1) is 32.6. The Morgan fingerprint density at radius 2 is 1.16 bits per heavy atom. The summed E-state index contributed by atoms with van der Waals surface area (Å²) in [6.07, 6.45) is 14.4. The zero-order valence-electron chi connectivity index (χ0n) is 32.6. The lowest BCUT2D eigenvalue weighted by Crippen LogP contribution is -2.48. The van der Waals surface area contributed by atoms with Gasteiger partial charge >= 0.3 is 0 Å². The van der Waals surface area contributed by atoms with Crippen LogP contribution in [-0.2, 0) is 10.8 Å². The zero-order valence-corrected chi connectivity index (χ0v) is 32.6. The summed E-state index contributed by atoms with van der Waals surface area (Å²) < 4.78 is 0. The fraction of sp³-hybridized carbons (Fsp3) is 0.370. The first-order valence-corrected chi connectivity index (χ1v) is 21.7. The van der Waals surface area contributed by atoms with Gasteiger partial charge in [-0.25, -0.2) is 0 Å². The first-order chi connectivity index (χ1) is 26.9. The number of hydrogen-bond acceptors (Lipinski definition) is 1. The summed E-state index contributed by atoms with van der Waals surface area (Å²) in [7, 11) is 0. The quantitative estimate of drug-likeness (QED) is 0.166. The van der Waals surface area contributed by atoms with Crippen molar-refractivity contribution in [3.05, 3.63) is 150 Å². The summed E-state index contributed by atoms with van der Waals surface area (Å²) >= 11 is 0. The van der Waals surface area contributed by atoms with Crippen LogP contribution in [0.15, 0.2) is 127 Å². The molecule has 0 amide bonds. The molecule has 6 aromatic carbocycles. The Kier molecular flexibility index (Phi) is 7.08. The Balaban J connectivity index is 1.04. The summed E-state index contributed by atoms with van der Waals surface area (Å²) in [4.78, 5) is 2.59. The number of anilines is 3. The minimum absolute atomic E-state index is 0.124. The van der Waals surface area contributed by atoms with E-state index in [9.17, 15) is 0 Å². The second-order valence-electron chi connectivity index (χ2n) is 19.6. The lowest BCUT2D eigenvalue weighted by atomic mass is 9.48. The average molecular weight is 716 g/mol. The summed E-state index contributed by atoms with van der Waals surface area (Å²) in [5.74, 6) is 5.41. The number of rotatable bonds is 6. The third-order valence-electron chi connectivity index (χ3n) is 16.1. The SMILES string of the molecule is CC1(C)c2ccccc2-c2c(-c3cccc4ccccc34)cc(N(c3ccc(C4CC5CCC4C5)cc3)c3ccc(C45CC6CC(CC(C6)C4)C5)cc3)cc21. The van der Waals surface area contributed by atoms with Crippen molar-refractivity contribution in [3.8, 4) is 22.3 Å². The highest BCUT2D eigenvalue weighted by molar-refractivity contribution is 6.04. The number of benzene rings is 6. The predicted octanol–water partition coefficient (Wildman–Crippen LogP) is 14.7. The minimum Gasteiger partial charge on any atom is -0.310 e. The van der Waals surface area contributed by atoms with Crippen LogP contribution in [0.2, 0.25) is 0 Å². The van der Waals surface area contributed by atoms with Gasteiger partial charge in [-0.05, 0) is 190 Å². The van der Waals surface area contributed by atoms with Crippen molar-refractivity contribution in [2.75, 3.05) is 4.90 Å². The van der Waals surface area contributed by atoms with E-state index in [0.717, 1.165) is 35.5 Å². The molecule has 1 nitrogen and oxygen atoms in total. The third kappa shape index (κ3) is 4.97. The Labute approximate surface area is 327 Å². The van der Waals surface area contributed by atoms with Gasteiger partial charge in [0.1, 0.15) is 0 Å². The molecule has 1 heteroatoms. The maximum Gasteiger partial charge on any atom is 0.0471 e. The fourth-order valence-corrected chi connectivity index (χ4v) is 14.0. The van der Waals surface area contributed by atoms with Gasteiger partial charge in [-0.3, -0.25) is 0 Å². The molecule has 0 N–H and O–H groups in total. The van der Waals surface area contributed by atoms with Crippen LogP contribution in [0.25, 0.3) is 33.0 Å². The van der Waals surface area contributed by atoms with E-state index in [1.165, 1.54) is 125 Å². The molecule has 274 valence electrons. The summed E-state index contributed by atoms with van der Waals surface area (Å²) in [6.45, 7) is 4.87. The minimum atomic E-state index is -0.124. The smallest absolute Gasteiger partial charge is 0.0471 e. The Morgan fingerprint density at radius 1 is 0.509 bits per heavy atom. The molecule has 0 saturated heterocycles. The van der Waals surface area contributed by atoms with Crippen LogP contribution in [0, 0.1) is 29.6 Å². The van der Waals surface area contributed by atoms with Crippen molar-refractivity contribution in [3.63, 3.8) is 0 Å². The Bertz CT molecular complexity index is 2420. The van der Waals surface area contributed by atoms with Crippen LogP contribution in [0.4, 0.5) is 17.1 Å². The van der Waals surface area contributed by atoms with Crippen LogP contribution in [-0.4, -0.2) is 0 Å². The van der Waals surface area contributed by atoms with Crippen molar-refractivity contribution in [1.29, 1.82) is 0 Å². The highest BCUT2D eigenvalue weighted by Gasteiger charge is 2.51. The molecule has 7 aliphatic rings. The van der Waals surface area contributed by atoms with Gasteiger partial charge in [-0.2, -0.15) is 0 Å². The van der Waals surface area contributed by atoms with Crippen molar-refractivity contribution in [2.45, 2.75) is 94.8 Å². The van der Waals surface area contributed by atoms with Crippen molar-refractivity contribution >= 4 is 27.8 Å². The molecule has 0 heterocycles. The fourth-order valence-electron chi connectivity index (χ4n) is 14.0. The molecule has 13 rings (SSSR count). The summed E-state index contributed by atoms with van der Waals surface area (Å²) in [6, 6.07) is 49.9. The largest absolute Gasteiger partial charge is 0.310 e. The first-order valence-electron chi connectivity index (χ1n) is 21.7. The van der Waals surface area contributed by atoms with E-state index >= 15 is 0 Å². The van der Waals surface area contributed by atoms with Crippen molar-refractivity contribution in [1.82, 2.24) is 0 Å². The van der Waals surface area contributed by atoms with E-state index in [1.54, 1.807) is 11.1 Å². The molecule has 3 unspecified atom stereocenters. The number of nitrogens with zero attached hydrogens (tertiary/aromatic N) is 1. The average Bonchev–Trinajstić information content (AvgIpc) is 3.91. The molecule has 6 aromatic rings. The second-order valence-corrected chi connectivity index (χ2v) is 19.6. The molecule has 0 aliphatic heterocycles. The van der Waals surface area contributed by atoms with E-state index in [4.69, 9.17) is 0 Å². The molecule has 55 heavy (non-hydrogen) atoms. The Hall–Kier alpha value is -4.62. The topological polar surface area (TPSA) is 3.24 Å². The molecule has 3 atom stereocenters. The van der Waals surface area contributed by atoms with E-state index in [1.807, 2.05) is 0 Å². The van der Waals surface area contributed by atoms with Gasteiger partial charge in [0.05, 0.1) is 0 Å². The van der Waals surface area contributed by atoms with E-state index in [2.05, 4.69) is 146 Å². The van der Waals surface area contributed by atoms with E-state index in [-0.39, 0.29) is 5.41 Å². The standard InChI is InChI=1S/C54H53N/c1-53(2)50-13-6-5-11-47(50)52-49(46-12-7-9-38-8-3-4-10-45(38)46)29-44(30-51(52)53)55(42-20-16-39(17-21-42)48-28-34-14-15-40(48)27-34)43-22-18-41(19-23-43)54-31-35-24-36(32-54)26-37(25-35)33-54/h3-13,16-23,29-30,34-37,40,48H,14-15,24-28,31-33H2,1-2H3. The lowest BCUT2D eigenvalue weighted by Gasteiger charge is -2.57. The van der Waals surface area contributed by atoms with Gasteiger partial charge in [0.25, 0.3) is 0 Å². The van der Waals surface area contributed by atoms with Crippen LogP contribution >= 0.6 is 0 Å². The maximum absolute atomic E-state index is 2.59. The molecule has 0 radical (unpaired) electrons. The van der Waals surface area contributed by atoms with Crippen LogP contribution in [0.5, 0.6) is 0 Å². The van der Waals surface area contributed by atoms with Gasteiger partial charge in [-0.15, -0.1) is 0 Å². The molecule has 0 spiro atoms. The molecular weight excluding hydrogens is 663 g/mol. The lowest BCUT2D eigenvalue weighted by molar-refractivity contribution is -0.00518. The van der Waals surface area contributed by atoms with Crippen LogP contribution in [0.3, 0.4) is 0 Å². The predicted molar refractivity (Wildman–Crippen MR) is 230 cm³/mol. The molecular formula is C54H53N. The van der Waals surface area contributed by atoms with Crippen LogP contribution in [0.1, 0.15) is 106 Å². The number of hydrogen-bond donors (Lipinski definition) is 0. The monoisotopic (exact) mass is 715 g/mol. The van der Waals surface area contributed by atoms with Gasteiger partial charge in [0.15, 0.2) is 0 Å². The summed E-state index contributed by atoms with van der Waals surface area (Å²) in [5, 5.41) is 2.60. The van der Waals surface area contributed by atoms with Crippen molar-refractivity contribution < 1.29 is 0 Å². The molecule has 6 bridgehead atoms. The van der Waals surface area contributed by atoms with Gasteiger partial charge in [0, 0.05) is 22.5 Å². The van der Waals surface area contributed by atoms with Gasteiger partial charge < -0.3 is 4.90 Å². The normalized spacial score (nSPS) is 29.1. The molecule has 6 saturated carbocycles.